The van der Waals surface area contributed by atoms with Gasteiger partial charge in [-0.05, 0) is 43.6 Å². The van der Waals surface area contributed by atoms with Gasteiger partial charge in [0, 0.05) is 12.1 Å². The van der Waals surface area contributed by atoms with Gasteiger partial charge in [0.05, 0.1) is 11.6 Å². The van der Waals surface area contributed by atoms with Crippen LogP contribution < -0.4 is 5.73 Å². The lowest BCUT2D eigenvalue weighted by Gasteiger charge is -2.33. The van der Waals surface area contributed by atoms with Crippen LogP contribution in [0.1, 0.15) is 43.4 Å². The van der Waals surface area contributed by atoms with Crippen molar-refractivity contribution in [3.8, 4) is 6.07 Å². The summed E-state index contributed by atoms with van der Waals surface area (Å²) in [7, 11) is 0. The Morgan fingerprint density at radius 1 is 1.44 bits per heavy atom. The predicted octanol–water partition coefficient (Wildman–Crippen LogP) is 2.43. The molecule has 96 valence electrons. The summed E-state index contributed by atoms with van der Waals surface area (Å²) in [5.74, 6) is 0. The summed E-state index contributed by atoms with van der Waals surface area (Å²) in [6.07, 6.45) is 3.49. The zero-order valence-electron chi connectivity index (χ0n) is 11.0. The Kier molecular flexibility index (Phi) is 4.35. The predicted molar refractivity (Wildman–Crippen MR) is 73.0 cm³/mol. The van der Waals surface area contributed by atoms with Crippen LogP contribution in [-0.2, 0) is 0 Å². The normalized spacial score (nSPS) is 25.4. The summed E-state index contributed by atoms with van der Waals surface area (Å²) >= 11 is 0. The fourth-order valence-corrected chi connectivity index (χ4v) is 2.87. The number of nitriles is 1. The van der Waals surface area contributed by atoms with Crippen molar-refractivity contribution in [3.63, 3.8) is 0 Å². The molecule has 0 radical (unpaired) electrons. The molecule has 2 unspecified atom stereocenters. The average molecular weight is 243 g/mol. The smallest absolute Gasteiger partial charge is 0.0991 e. The van der Waals surface area contributed by atoms with Crippen LogP contribution in [0.25, 0.3) is 0 Å². The molecule has 0 amide bonds. The second-order valence-corrected chi connectivity index (χ2v) is 4.97. The van der Waals surface area contributed by atoms with E-state index in [9.17, 15) is 0 Å². The molecule has 0 aromatic heterocycles. The van der Waals surface area contributed by atoms with Crippen molar-refractivity contribution in [2.24, 2.45) is 5.73 Å². The standard InChI is InChI=1S/C15H21N3/c1-2-18-9-4-3-8-14(17)15(18)13-7-5-6-12(10-13)11-16/h5-7,10,14-15H,2-4,8-9,17H2,1H3. The summed E-state index contributed by atoms with van der Waals surface area (Å²) in [5.41, 5.74) is 8.25. The first-order chi connectivity index (χ1) is 8.76. The molecule has 1 aromatic carbocycles. The number of nitrogens with zero attached hydrogens (tertiary/aromatic N) is 2. The third kappa shape index (κ3) is 2.72. The maximum Gasteiger partial charge on any atom is 0.0991 e. The summed E-state index contributed by atoms with van der Waals surface area (Å²) in [6, 6.07) is 10.5. The lowest BCUT2D eigenvalue weighted by atomic mass is 9.95. The molecule has 1 fully saturated rings. The minimum Gasteiger partial charge on any atom is -0.326 e. The molecule has 1 heterocycles. The Labute approximate surface area is 109 Å². The van der Waals surface area contributed by atoms with E-state index >= 15 is 0 Å². The Balaban J connectivity index is 2.33. The molecule has 1 aliphatic rings. The highest BCUT2D eigenvalue weighted by molar-refractivity contribution is 5.35. The van der Waals surface area contributed by atoms with Gasteiger partial charge < -0.3 is 5.73 Å². The third-order valence-electron chi connectivity index (χ3n) is 3.80. The number of likely N-dealkylation sites (N-methyl/N-ethyl adjacent to an activating group) is 1. The minimum atomic E-state index is 0.168. The third-order valence-corrected chi connectivity index (χ3v) is 3.80. The molecule has 0 aliphatic carbocycles. The molecule has 3 nitrogen and oxygen atoms in total. The van der Waals surface area contributed by atoms with Crippen molar-refractivity contribution in [3.05, 3.63) is 35.4 Å². The second-order valence-electron chi connectivity index (χ2n) is 4.97. The molecule has 0 saturated carbocycles. The highest BCUT2D eigenvalue weighted by atomic mass is 15.2. The number of likely N-dealkylation sites (tertiary alicyclic amines) is 1. The van der Waals surface area contributed by atoms with Gasteiger partial charge in [-0.3, -0.25) is 4.90 Å². The summed E-state index contributed by atoms with van der Waals surface area (Å²) < 4.78 is 0. The number of nitrogens with two attached hydrogens (primary N) is 1. The van der Waals surface area contributed by atoms with Crippen LogP contribution in [0.2, 0.25) is 0 Å². The van der Waals surface area contributed by atoms with E-state index in [1.807, 2.05) is 18.2 Å². The van der Waals surface area contributed by atoms with Crippen molar-refractivity contribution in [1.82, 2.24) is 4.90 Å². The topological polar surface area (TPSA) is 53.0 Å². The fraction of sp³-hybridized carbons (Fsp3) is 0.533. The quantitative estimate of drug-likeness (QED) is 0.868. The van der Waals surface area contributed by atoms with Gasteiger partial charge in [-0.15, -0.1) is 0 Å². The average Bonchev–Trinajstić information content (AvgIpc) is 2.60. The van der Waals surface area contributed by atoms with Crippen LogP contribution >= 0.6 is 0 Å². The molecule has 0 spiro atoms. The monoisotopic (exact) mass is 243 g/mol. The van der Waals surface area contributed by atoms with Crippen molar-refractivity contribution in [2.45, 2.75) is 38.3 Å². The van der Waals surface area contributed by atoms with Crippen LogP contribution in [0.5, 0.6) is 0 Å². The Bertz CT molecular complexity index is 436. The van der Waals surface area contributed by atoms with E-state index in [1.165, 1.54) is 18.4 Å². The zero-order chi connectivity index (χ0) is 13.0. The van der Waals surface area contributed by atoms with Crippen LogP contribution in [0.3, 0.4) is 0 Å². The SMILES string of the molecule is CCN1CCCCC(N)C1c1cccc(C#N)c1. The van der Waals surface area contributed by atoms with E-state index in [1.54, 1.807) is 0 Å². The van der Waals surface area contributed by atoms with Crippen LogP contribution in [0.15, 0.2) is 24.3 Å². The van der Waals surface area contributed by atoms with Gasteiger partial charge in [0.1, 0.15) is 0 Å². The highest BCUT2D eigenvalue weighted by Crippen LogP contribution is 2.29. The van der Waals surface area contributed by atoms with Crippen LogP contribution in [-0.4, -0.2) is 24.0 Å². The molecular formula is C15H21N3. The van der Waals surface area contributed by atoms with Crippen molar-refractivity contribution in [2.75, 3.05) is 13.1 Å². The number of benzene rings is 1. The van der Waals surface area contributed by atoms with E-state index in [-0.39, 0.29) is 12.1 Å². The van der Waals surface area contributed by atoms with Gasteiger partial charge in [0.25, 0.3) is 0 Å². The van der Waals surface area contributed by atoms with Gasteiger partial charge in [-0.2, -0.15) is 5.26 Å². The summed E-state index contributed by atoms with van der Waals surface area (Å²) in [4.78, 5) is 2.44. The number of hydrogen-bond acceptors (Lipinski definition) is 3. The van der Waals surface area contributed by atoms with E-state index in [0.29, 0.717) is 0 Å². The Hall–Kier alpha value is -1.37. The van der Waals surface area contributed by atoms with Crippen molar-refractivity contribution in [1.29, 1.82) is 5.26 Å². The summed E-state index contributed by atoms with van der Waals surface area (Å²) in [5, 5.41) is 9.01. The lowest BCUT2D eigenvalue weighted by molar-refractivity contribution is 0.195. The molecule has 2 N–H and O–H groups in total. The van der Waals surface area contributed by atoms with E-state index in [0.717, 1.165) is 25.1 Å². The maximum absolute atomic E-state index is 9.01. The van der Waals surface area contributed by atoms with E-state index < -0.39 is 0 Å². The van der Waals surface area contributed by atoms with Crippen LogP contribution in [0.4, 0.5) is 0 Å². The maximum atomic E-state index is 9.01. The van der Waals surface area contributed by atoms with Crippen molar-refractivity contribution >= 4 is 0 Å². The van der Waals surface area contributed by atoms with Gasteiger partial charge >= 0.3 is 0 Å². The fourth-order valence-electron chi connectivity index (χ4n) is 2.87. The van der Waals surface area contributed by atoms with Gasteiger partial charge in [0.15, 0.2) is 0 Å². The second kappa shape index (κ2) is 5.99. The highest BCUT2D eigenvalue weighted by Gasteiger charge is 2.27. The van der Waals surface area contributed by atoms with E-state index in [4.69, 9.17) is 11.0 Å². The molecule has 2 atom stereocenters. The number of hydrogen-bond donors (Lipinski definition) is 1. The molecule has 1 aliphatic heterocycles. The molecule has 0 bridgehead atoms. The minimum absolute atomic E-state index is 0.168. The first-order valence-corrected chi connectivity index (χ1v) is 6.76. The largest absolute Gasteiger partial charge is 0.326 e. The zero-order valence-corrected chi connectivity index (χ0v) is 11.0. The van der Waals surface area contributed by atoms with Gasteiger partial charge in [-0.1, -0.05) is 25.5 Å². The van der Waals surface area contributed by atoms with Crippen LogP contribution in [0, 0.1) is 11.3 Å². The molecular weight excluding hydrogens is 222 g/mol. The van der Waals surface area contributed by atoms with Gasteiger partial charge in [0.2, 0.25) is 0 Å². The molecule has 1 aromatic rings. The molecule has 1 saturated heterocycles. The van der Waals surface area contributed by atoms with Crippen molar-refractivity contribution < 1.29 is 0 Å². The molecule has 18 heavy (non-hydrogen) atoms. The Morgan fingerprint density at radius 2 is 2.28 bits per heavy atom. The molecule has 3 heteroatoms. The first kappa shape index (κ1) is 13.1. The lowest BCUT2D eigenvalue weighted by Crippen LogP contribution is -2.39. The van der Waals surface area contributed by atoms with Gasteiger partial charge in [-0.25, -0.2) is 0 Å². The van der Waals surface area contributed by atoms with E-state index in [2.05, 4.69) is 24.0 Å². The number of rotatable bonds is 2. The first-order valence-electron chi connectivity index (χ1n) is 6.76. The molecule has 2 rings (SSSR count). The summed E-state index contributed by atoms with van der Waals surface area (Å²) in [6.45, 7) is 4.29. The Morgan fingerprint density at radius 3 is 3.00 bits per heavy atom.